The van der Waals surface area contributed by atoms with Crippen LogP contribution in [0.1, 0.15) is 38.7 Å². The van der Waals surface area contributed by atoms with E-state index in [-0.39, 0.29) is 6.10 Å². The van der Waals surface area contributed by atoms with E-state index in [0.29, 0.717) is 12.3 Å². The predicted octanol–water partition coefficient (Wildman–Crippen LogP) is 3.14. The number of ether oxygens (including phenoxy) is 1. The third kappa shape index (κ3) is 3.30. The zero-order valence-corrected chi connectivity index (χ0v) is 10.7. The molecule has 1 N–H and O–H groups in total. The lowest BCUT2D eigenvalue weighted by molar-refractivity contribution is -0.260. The summed E-state index contributed by atoms with van der Waals surface area (Å²) in [6, 6.07) is 10.1. The SMILES string of the molecule is CC(C)C1CCCC(O)(Cc2ccccc2)O1. The summed E-state index contributed by atoms with van der Waals surface area (Å²) in [6.07, 6.45) is 3.64. The molecular weight excluding hydrogens is 212 g/mol. The summed E-state index contributed by atoms with van der Waals surface area (Å²) in [6.45, 7) is 4.30. The van der Waals surface area contributed by atoms with Gasteiger partial charge >= 0.3 is 0 Å². The number of benzene rings is 1. The van der Waals surface area contributed by atoms with E-state index in [1.807, 2.05) is 30.3 Å². The Morgan fingerprint density at radius 2 is 2.06 bits per heavy atom. The van der Waals surface area contributed by atoms with Crippen molar-refractivity contribution in [3.63, 3.8) is 0 Å². The van der Waals surface area contributed by atoms with Crippen molar-refractivity contribution in [1.82, 2.24) is 0 Å². The van der Waals surface area contributed by atoms with Gasteiger partial charge < -0.3 is 9.84 Å². The molecule has 0 aromatic heterocycles. The summed E-state index contributed by atoms with van der Waals surface area (Å²) in [5.74, 6) is -0.494. The molecule has 2 nitrogen and oxygen atoms in total. The van der Waals surface area contributed by atoms with Gasteiger partial charge in [-0.25, -0.2) is 0 Å². The third-order valence-corrected chi connectivity index (χ3v) is 3.49. The molecule has 2 unspecified atom stereocenters. The van der Waals surface area contributed by atoms with Gasteiger partial charge in [0.1, 0.15) is 0 Å². The molecule has 0 bridgehead atoms. The molecule has 0 radical (unpaired) electrons. The number of hydrogen-bond acceptors (Lipinski definition) is 2. The van der Waals surface area contributed by atoms with Crippen molar-refractivity contribution in [2.24, 2.45) is 5.92 Å². The average molecular weight is 234 g/mol. The van der Waals surface area contributed by atoms with Crippen LogP contribution >= 0.6 is 0 Å². The van der Waals surface area contributed by atoms with Crippen LogP contribution in [0.3, 0.4) is 0 Å². The molecule has 94 valence electrons. The Labute approximate surface area is 104 Å². The van der Waals surface area contributed by atoms with Crippen LogP contribution in [0.5, 0.6) is 0 Å². The average Bonchev–Trinajstić information content (AvgIpc) is 2.29. The monoisotopic (exact) mass is 234 g/mol. The Bertz CT molecular complexity index is 347. The largest absolute Gasteiger partial charge is 0.365 e. The third-order valence-electron chi connectivity index (χ3n) is 3.49. The molecule has 0 amide bonds. The van der Waals surface area contributed by atoms with Crippen molar-refractivity contribution in [3.05, 3.63) is 35.9 Å². The van der Waals surface area contributed by atoms with Crippen molar-refractivity contribution in [2.45, 2.75) is 51.4 Å². The number of rotatable bonds is 3. The van der Waals surface area contributed by atoms with Crippen molar-refractivity contribution >= 4 is 0 Å². The maximum atomic E-state index is 10.5. The fourth-order valence-electron chi connectivity index (χ4n) is 2.49. The van der Waals surface area contributed by atoms with E-state index in [2.05, 4.69) is 13.8 Å². The van der Waals surface area contributed by atoms with Crippen LogP contribution in [0.2, 0.25) is 0 Å². The minimum absolute atomic E-state index is 0.192. The lowest BCUT2D eigenvalue weighted by atomic mass is 9.91. The standard InChI is InChI=1S/C15H22O2/c1-12(2)14-9-6-10-15(16,17-14)11-13-7-4-3-5-8-13/h3-5,7-8,12,14,16H,6,9-11H2,1-2H3. The summed E-state index contributed by atoms with van der Waals surface area (Å²) in [5.41, 5.74) is 1.14. The van der Waals surface area contributed by atoms with Crippen LogP contribution in [0.15, 0.2) is 30.3 Å². The van der Waals surface area contributed by atoms with Gasteiger partial charge in [-0.15, -0.1) is 0 Å². The van der Waals surface area contributed by atoms with E-state index in [4.69, 9.17) is 4.74 Å². The summed E-state index contributed by atoms with van der Waals surface area (Å²) in [5, 5.41) is 10.5. The van der Waals surface area contributed by atoms with Gasteiger partial charge in [-0.05, 0) is 24.3 Å². The van der Waals surface area contributed by atoms with Gasteiger partial charge in [-0.1, -0.05) is 44.2 Å². The van der Waals surface area contributed by atoms with Gasteiger partial charge in [-0.2, -0.15) is 0 Å². The van der Waals surface area contributed by atoms with Gasteiger partial charge in [0.05, 0.1) is 6.10 Å². The maximum Gasteiger partial charge on any atom is 0.169 e. The van der Waals surface area contributed by atoms with Gasteiger partial charge in [0, 0.05) is 12.8 Å². The van der Waals surface area contributed by atoms with E-state index in [1.165, 1.54) is 0 Å². The number of aliphatic hydroxyl groups is 1. The second kappa shape index (κ2) is 5.19. The summed E-state index contributed by atoms with van der Waals surface area (Å²) in [7, 11) is 0. The molecule has 1 aromatic carbocycles. The fourth-order valence-corrected chi connectivity index (χ4v) is 2.49. The smallest absolute Gasteiger partial charge is 0.169 e. The molecule has 1 aliphatic heterocycles. The van der Waals surface area contributed by atoms with E-state index in [9.17, 15) is 5.11 Å². The summed E-state index contributed by atoms with van der Waals surface area (Å²) < 4.78 is 5.89. The second-order valence-electron chi connectivity index (χ2n) is 5.40. The maximum absolute atomic E-state index is 10.5. The molecule has 0 spiro atoms. The Morgan fingerprint density at radius 3 is 2.71 bits per heavy atom. The highest BCUT2D eigenvalue weighted by atomic mass is 16.6. The molecule has 1 aromatic rings. The van der Waals surface area contributed by atoms with E-state index < -0.39 is 5.79 Å². The summed E-state index contributed by atoms with van der Waals surface area (Å²) >= 11 is 0. The number of hydrogen-bond donors (Lipinski definition) is 1. The molecule has 1 saturated heterocycles. The van der Waals surface area contributed by atoms with Crippen LogP contribution in [-0.4, -0.2) is 17.0 Å². The first kappa shape index (κ1) is 12.6. The molecule has 2 atom stereocenters. The van der Waals surface area contributed by atoms with E-state index >= 15 is 0 Å². The van der Waals surface area contributed by atoms with Gasteiger partial charge in [0.25, 0.3) is 0 Å². The highest BCUT2D eigenvalue weighted by Gasteiger charge is 2.36. The molecule has 2 rings (SSSR count). The molecule has 0 aliphatic carbocycles. The molecule has 1 heterocycles. The first-order chi connectivity index (χ1) is 8.09. The Hall–Kier alpha value is -0.860. The molecule has 2 heteroatoms. The highest BCUT2D eigenvalue weighted by molar-refractivity contribution is 5.16. The first-order valence-corrected chi connectivity index (χ1v) is 6.53. The van der Waals surface area contributed by atoms with Crippen LogP contribution in [-0.2, 0) is 11.2 Å². The topological polar surface area (TPSA) is 29.5 Å². The van der Waals surface area contributed by atoms with Crippen LogP contribution in [0.4, 0.5) is 0 Å². The Kier molecular flexibility index (Phi) is 3.85. The van der Waals surface area contributed by atoms with Crippen LogP contribution in [0.25, 0.3) is 0 Å². The minimum atomic E-state index is -0.964. The molecule has 1 fully saturated rings. The second-order valence-corrected chi connectivity index (χ2v) is 5.40. The van der Waals surface area contributed by atoms with Crippen LogP contribution in [0, 0.1) is 5.92 Å². The predicted molar refractivity (Wildman–Crippen MR) is 68.7 cm³/mol. The normalized spacial score (nSPS) is 29.5. The summed E-state index contributed by atoms with van der Waals surface area (Å²) in [4.78, 5) is 0. The minimum Gasteiger partial charge on any atom is -0.365 e. The Balaban J connectivity index is 2.03. The van der Waals surface area contributed by atoms with Crippen LogP contribution < -0.4 is 0 Å². The zero-order valence-electron chi connectivity index (χ0n) is 10.7. The van der Waals surface area contributed by atoms with E-state index in [1.54, 1.807) is 0 Å². The van der Waals surface area contributed by atoms with Gasteiger partial charge in [0.2, 0.25) is 0 Å². The zero-order chi connectivity index (χ0) is 12.3. The van der Waals surface area contributed by atoms with Crippen molar-refractivity contribution < 1.29 is 9.84 Å². The lowest BCUT2D eigenvalue weighted by Gasteiger charge is -2.39. The molecule has 17 heavy (non-hydrogen) atoms. The molecular formula is C15H22O2. The van der Waals surface area contributed by atoms with Crippen molar-refractivity contribution in [3.8, 4) is 0 Å². The highest BCUT2D eigenvalue weighted by Crippen LogP contribution is 2.32. The fraction of sp³-hybridized carbons (Fsp3) is 0.600. The van der Waals surface area contributed by atoms with Gasteiger partial charge in [0.15, 0.2) is 5.79 Å². The Morgan fingerprint density at radius 1 is 1.35 bits per heavy atom. The lowest BCUT2D eigenvalue weighted by Crippen LogP contribution is -2.44. The van der Waals surface area contributed by atoms with Gasteiger partial charge in [-0.3, -0.25) is 0 Å². The first-order valence-electron chi connectivity index (χ1n) is 6.53. The molecule has 1 aliphatic rings. The molecule has 0 saturated carbocycles. The van der Waals surface area contributed by atoms with Crippen molar-refractivity contribution in [2.75, 3.05) is 0 Å². The van der Waals surface area contributed by atoms with E-state index in [0.717, 1.165) is 24.8 Å². The van der Waals surface area contributed by atoms with Crippen molar-refractivity contribution in [1.29, 1.82) is 0 Å². The quantitative estimate of drug-likeness (QED) is 0.870.